The van der Waals surface area contributed by atoms with Gasteiger partial charge in [0.2, 0.25) is 0 Å². The molecule has 1 N–H and O–H groups in total. The van der Waals surface area contributed by atoms with Gasteiger partial charge in [0.05, 0.1) is 5.69 Å². The fraction of sp³-hybridized carbons (Fsp3) is 0.462. The van der Waals surface area contributed by atoms with Crippen molar-refractivity contribution in [2.45, 2.75) is 39.8 Å². The largest absolute Gasteiger partial charge is 0.385 e. The third-order valence-electron chi connectivity index (χ3n) is 2.79. The molecule has 0 aliphatic rings. The summed E-state index contributed by atoms with van der Waals surface area (Å²) >= 11 is 0. The molecule has 1 atom stereocenters. The average Bonchev–Trinajstić information content (AvgIpc) is 2.70. The van der Waals surface area contributed by atoms with Gasteiger partial charge in [-0.05, 0) is 32.4 Å². The van der Waals surface area contributed by atoms with Crippen LogP contribution in [-0.2, 0) is 13.0 Å². The highest BCUT2D eigenvalue weighted by molar-refractivity contribution is 5.12. The maximum atomic E-state index is 10.1. The van der Waals surface area contributed by atoms with Crippen molar-refractivity contribution in [3.8, 4) is 0 Å². The van der Waals surface area contributed by atoms with Crippen LogP contribution in [-0.4, -0.2) is 24.9 Å². The predicted octanol–water partition coefficient (Wildman–Crippen LogP) is 1.59. The van der Waals surface area contributed by atoms with E-state index in [-0.39, 0.29) is 0 Å². The maximum Gasteiger partial charge on any atom is 0.157 e. The van der Waals surface area contributed by atoms with E-state index in [2.05, 4.69) is 15.1 Å². The van der Waals surface area contributed by atoms with Gasteiger partial charge in [-0.1, -0.05) is 0 Å². The number of aliphatic hydroxyl groups is 1. The predicted molar refractivity (Wildman–Crippen MR) is 68.1 cm³/mol. The number of nitrogens with zero attached hydrogens (tertiary/aromatic N) is 4. The van der Waals surface area contributed by atoms with Crippen LogP contribution >= 0.6 is 0 Å². The van der Waals surface area contributed by atoms with Crippen LogP contribution in [0.4, 0.5) is 0 Å². The van der Waals surface area contributed by atoms with Crippen LogP contribution in [0.25, 0.3) is 0 Å². The Kier molecular flexibility index (Phi) is 3.72. The lowest BCUT2D eigenvalue weighted by Crippen LogP contribution is -2.11. The standard InChI is InChI=1S/C13H18N4O/c1-4-17-11(5-10(3)16-17)6-12(18)13-14-7-9(2)8-15-13/h5,7-8,12,18H,4,6H2,1-3H3. The average molecular weight is 246 g/mol. The Morgan fingerprint density at radius 2 is 1.94 bits per heavy atom. The highest BCUT2D eigenvalue weighted by Gasteiger charge is 2.14. The molecular weight excluding hydrogens is 228 g/mol. The Balaban J connectivity index is 2.15. The second-order valence-corrected chi connectivity index (χ2v) is 4.43. The topological polar surface area (TPSA) is 63.8 Å². The van der Waals surface area contributed by atoms with Gasteiger partial charge in [0.15, 0.2) is 5.82 Å². The van der Waals surface area contributed by atoms with Gasteiger partial charge in [-0.15, -0.1) is 0 Å². The van der Waals surface area contributed by atoms with Crippen LogP contribution in [0.5, 0.6) is 0 Å². The lowest BCUT2D eigenvalue weighted by Gasteiger charge is -2.10. The zero-order valence-electron chi connectivity index (χ0n) is 11.0. The minimum absolute atomic E-state index is 0.460. The molecule has 18 heavy (non-hydrogen) atoms. The number of rotatable bonds is 4. The summed E-state index contributed by atoms with van der Waals surface area (Å²) in [6.07, 6.45) is 3.23. The van der Waals surface area contributed by atoms with E-state index in [0.29, 0.717) is 12.2 Å². The summed E-state index contributed by atoms with van der Waals surface area (Å²) in [4.78, 5) is 8.29. The molecule has 0 radical (unpaired) electrons. The van der Waals surface area contributed by atoms with Crippen LogP contribution in [0.3, 0.4) is 0 Å². The van der Waals surface area contributed by atoms with Crippen LogP contribution in [0, 0.1) is 13.8 Å². The second kappa shape index (κ2) is 5.27. The molecule has 0 fully saturated rings. The van der Waals surface area contributed by atoms with Crippen LogP contribution in [0.1, 0.15) is 35.8 Å². The van der Waals surface area contributed by atoms with Gasteiger partial charge in [0.25, 0.3) is 0 Å². The van der Waals surface area contributed by atoms with Gasteiger partial charge >= 0.3 is 0 Å². The third kappa shape index (κ3) is 2.73. The smallest absolute Gasteiger partial charge is 0.157 e. The van der Waals surface area contributed by atoms with Crippen molar-refractivity contribution in [1.82, 2.24) is 19.7 Å². The summed E-state index contributed by atoms with van der Waals surface area (Å²) in [5.41, 5.74) is 2.95. The van der Waals surface area contributed by atoms with E-state index in [4.69, 9.17) is 0 Å². The van der Waals surface area contributed by atoms with Gasteiger partial charge in [-0.25, -0.2) is 9.97 Å². The molecule has 0 amide bonds. The van der Waals surface area contributed by atoms with E-state index >= 15 is 0 Å². The zero-order chi connectivity index (χ0) is 13.1. The van der Waals surface area contributed by atoms with Crippen molar-refractivity contribution in [2.24, 2.45) is 0 Å². The van der Waals surface area contributed by atoms with Gasteiger partial charge in [0, 0.05) is 31.1 Å². The SMILES string of the molecule is CCn1nc(C)cc1CC(O)c1ncc(C)cn1. The summed E-state index contributed by atoms with van der Waals surface area (Å²) in [7, 11) is 0. The molecule has 5 heteroatoms. The first kappa shape index (κ1) is 12.7. The van der Waals surface area contributed by atoms with Crippen molar-refractivity contribution in [3.05, 3.63) is 41.2 Å². The quantitative estimate of drug-likeness (QED) is 0.889. The number of aryl methyl sites for hydroxylation is 3. The monoisotopic (exact) mass is 246 g/mol. The van der Waals surface area contributed by atoms with E-state index in [1.54, 1.807) is 12.4 Å². The van der Waals surface area contributed by atoms with E-state index in [9.17, 15) is 5.11 Å². The zero-order valence-corrected chi connectivity index (χ0v) is 11.0. The molecule has 2 aromatic rings. The van der Waals surface area contributed by atoms with Crippen molar-refractivity contribution < 1.29 is 5.11 Å². The van der Waals surface area contributed by atoms with E-state index in [1.807, 2.05) is 31.5 Å². The second-order valence-electron chi connectivity index (χ2n) is 4.43. The fourth-order valence-corrected chi connectivity index (χ4v) is 1.90. The minimum atomic E-state index is -0.688. The van der Waals surface area contributed by atoms with Gasteiger partial charge in [-0.3, -0.25) is 4.68 Å². The first-order valence-corrected chi connectivity index (χ1v) is 6.10. The van der Waals surface area contributed by atoms with Crippen LogP contribution in [0.2, 0.25) is 0 Å². The summed E-state index contributed by atoms with van der Waals surface area (Å²) in [6.45, 7) is 6.70. The van der Waals surface area contributed by atoms with Gasteiger partial charge in [-0.2, -0.15) is 5.10 Å². The molecule has 2 rings (SSSR count). The van der Waals surface area contributed by atoms with Crippen LogP contribution in [0.15, 0.2) is 18.5 Å². The van der Waals surface area contributed by atoms with Gasteiger partial charge < -0.3 is 5.11 Å². The molecule has 0 aromatic carbocycles. The lowest BCUT2D eigenvalue weighted by atomic mass is 10.1. The molecule has 0 spiro atoms. The van der Waals surface area contributed by atoms with Crippen molar-refractivity contribution >= 4 is 0 Å². The van der Waals surface area contributed by atoms with Crippen molar-refractivity contribution in [3.63, 3.8) is 0 Å². The summed E-state index contributed by atoms with van der Waals surface area (Å²) in [5, 5.41) is 14.5. The molecule has 2 aromatic heterocycles. The molecule has 1 unspecified atom stereocenters. The first-order valence-electron chi connectivity index (χ1n) is 6.10. The molecule has 0 saturated carbocycles. The number of hydrogen-bond acceptors (Lipinski definition) is 4. The molecule has 2 heterocycles. The number of aromatic nitrogens is 4. The fourth-order valence-electron chi connectivity index (χ4n) is 1.90. The minimum Gasteiger partial charge on any atom is -0.385 e. The molecule has 5 nitrogen and oxygen atoms in total. The van der Waals surface area contributed by atoms with Crippen molar-refractivity contribution in [1.29, 1.82) is 0 Å². The molecule has 0 aliphatic heterocycles. The Labute approximate surface area is 107 Å². The molecule has 0 aliphatic carbocycles. The number of aliphatic hydroxyl groups excluding tert-OH is 1. The highest BCUT2D eigenvalue weighted by Crippen LogP contribution is 2.15. The van der Waals surface area contributed by atoms with Crippen LogP contribution < -0.4 is 0 Å². The molecule has 0 bridgehead atoms. The Bertz CT molecular complexity index is 518. The van der Waals surface area contributed by atoms with Crippen molar-refractivity contribution in [2.75, 3.05) is 0 Å². The first-order chi connectivity index (χ1) is 8.60. The highest BCUT2D eigenvalue weighted by atomic mass is 16.3. The maximum absolute atomic E-state index is 10.1. The molecule has 96 valence electrons. The summed E-state index contributed by atoms with van der Waals surface area (Å²) in [6, 6.07) is 1.99. The van der Waals surface area contributed by atoms with E-state index in [0.717, 1.165) is 23.5 Å². The lowest BCUT2D eigenvalue weighted by molar-refractivity contribution is 0.165. The molecule has 0 saturated heterocycles. The Morgan fingerprint density at radius 3 is 2.56 bits per heavy atom. The Morgan fingerprint density at radius 1 is 1.28 bits per heavy atom. The van der Waals surface area contributed by atoms with Gasteiger partial charge in [0.1, 0.15) is 6.10 Å². The number of hydrogen-bond donors (Lipinski definition) is 1. The van der Waals surface area contributed by atoms with E-state index < -0.39 is 6.10 Å². The molecular formula is C13H18N4O. The third-order valence-corrected chi connectivity index (χ3v) is 2.79. The summed E-state index contributed by atoms with van der Waals surface area (Å²) in [5.74, 6) is 0.460. The normalized spacial score (nSPS) is 12.7. The summed E-state index contributed by atoms with van der Waals surface area (Å²) < 4.78 is 1.90. The Hall–Kier alpha value is -1.75. The van der Waals surface area contributed by atoms with E-state index in [1.165, 1.54) is 0 Å².